The fraction of sp³-hybridized carbons (Fsp3) is 0.812. The van der Waals surface area contributed by atoms with E-state index in [1.54, 1.807) is 5.41 Å². The molecule has 0 amide bonds. The molecule has 21 heavy (non-hydrogen) atoms. The molecule has 1 N–H and O–H groups in total. The summed E-state index contributed by atoms with van der Waals surface area (Å²) in [6, 6.07) is 0. The smallest absolute Gasteiger partial charge is 0.331 e. The Morgan fingerprint density at radius 1 is 1.48 bits per heavy atom. The molecule has 0 aromatic carbocycles. The lowest BCUT2D eigenvalue weighted by Crippen LogP contribution is -3.17. The van der Waals surface area contributed by atoms with E-state index < -0.39 is 0 Å². The maximum atomic E-state index is 11.9. The Hall–Kier alpha value is -0.520. The Balaban J connectivity index is 1.75. The van der Waals surface area contributed by atoms with Crippen LogP contribution in [0, 0.1) is 16.5 Å². The van der Waals surface area contributed by atoms with E-state index >= 15 is 0 Å². The molecule has 2 aliphatic rings. The van der Waals surface area contributed by atoms with Crippen LogP contribution in [0.5, 0.6) is 0 Å². The van der Waals surface area contributed by atoms with Crippen LogP contribution in [0.1, 0.15) is 52.9 Å². The standard InChI is InChI=1S/C16H27NO3S/c1-12(2)16(3)8-4-5-13(11-16)20-15(18)7-10-21-14-6-9-17(14)19/h7,10,12-14,17H,4-6,8-9,11H2,1-3H3/t13?,14-,16?/m1/s1. The van der Waals surface area contributed by atoms with E-state index in [4.69, 9.17) is 4.74 Å². The Morgan fingerprint density at radius 2 is 2.24 bits per heavy atom. The predicted molar refractivity (Wildman–Crippen MR) is 85.6 cm³/mol. The van der Waals surface area contributed by atoms with E-state index in [0.717, 1.165) is 25.7 Å². The summed E-state index contributed by atoms with van der Waals surface area (Å²) in [6.07, 6.45) is 6.71. The lowest BCUT2D eigenvalue weighted by Gasteiger charge is -2.40. The fourth-order valence-electron chi connectivity index (χ4n) is 3.00. The lowest BCUT2D eigenvalue weighted by atomic mass is 9.67. The van der Waals surface area contributed by atoms with Crippen molar-refractivity contribution in [1.82, 2.24) is 0 Å². The van der Waals surface area contributed by atoms with Gasteiger partial charge in [0.2, 0.25) is 0 Å². The van der Waals surface area contributed by atoms with Crippen molar-refractivity contribution in [3.8, 4) is 0 Å². The molecule has 4 nitrogen and oxygen atoms in total. The van der Waals surface area contributed by atoms with Crippen LogP contribution < -0.4 is 5.06 Å². The Kier molecular flexibility index (Phi) is 5.74. The summed E-state index contributed by atoms with van der Waals surface area (Å²) in [6.45, 7) is 7.48. The van der Waals surface area contributed by atoms with Crippen LogP contribution in [-0.2, 0) is 9.53 Å². The van der Waals surface area contributed by atoms with Crippen molar-refractivity contribution in [2.75, 3.05) is 6.54 Å². The highest BCUT2D eigenvalue weighted by molar-refractivity contribution is 8.02. The number of hydrogen-bond acceptors (Lipinski definition) is 4. The lowest BCUT2D eigenvalue weighted by molar-refractivity contribution is -0.901. The van der Waals surface area contributed by atoms with E-state index in [1.807, 2.05) is 0 Å². The molecule has 120 valence electrons. The van der Waals surface area contributed by atoms with Gasteiger partial charge < -0.3 is 15.0 Å². The number of carbonyl (C=O) groups excluding carboxylic acids is 1. The number of nitrogens with one attached hydrogen (secondary N) is 1. The Bertz CT molecular complexity index is 399. The van der Waals surface area contributed by atoms with Gasteiger partial charge in [-0.1, -0.05) is 32.5 Å². The number of esters is 1. The Morgan fingerprint density at radius 3 is 2.81 bits per heavy atom. The molecular formula is C16H27NO3S. The maximum absolute atomic E-state index is 11.9. The van der Waals surface area contributed by atoms with E-state index in [1.165, 1.54) is 24.3 Å². The van der Waals surface area contributed by atoms with E-state index in [0.29, 0.717) is 12.5 Å². The van der Waals surface area contributed by atoms with Gasteiger partial charge in [0.05, 0.1) is 13.0 Å². The summed E-state index contributed by atoms with van der Waals surface area (Å²) < 4.78 is 5.57. The van der Waals surface area contributed by atoms with Crippen LogP contribution in [0.2, 0.25) is 0 Å². The molecule has 0 aromatic rings. The molecule has 4 atom stereocenters. The zero-order valence-electron chi connectivity index (χ0n) is 13.3. The number of ether oxygens (including phenoxy) is 1. The first kappa shape index (κ1) is 16.8. The van der Waals surface area contributed by atoms with Crippen molar-refractivity contribution >= 4 is 17.7 Å². The molecule has 3 unspecified atom stereocenters. The zero-order valence-corrected chi connectivity index (χ0v) is 14.1. The van der Waals surface area contributed by atoms with E-state index in [2.05, 4.69) is 20.8 Å². The second-order valence-corrected chi connectivity index (χ2v) is 8.01. The zero-order chi connectivity index (χ0) is 15.5. The van der Waals surface area contributed by atoms with Crippen molar-refractivity contribution < 1.29 is 14.6 Å². The molecule has 0 aromatic heterocycles. The number of carbonyl (C=O) groups is 1. The minimum absolute atomic E-state index is 0.0404. The average Bonchev–Trinajstić information content (AvgIpc) is 2.41. The first-order chi connectivity index (χ1) is 9.90. The number of thioether (sulfide) groups is 1. The summed E-state index contributed by atoms with van der Waals surface area (Å²) in [5, 5.41) is 13.3. The second kappa shape index (κ2) is 7.16. The van der Waals surface area contributed by atoms with E-state index in [-0.39, 0.29) is 27.9 Å². The topological polar surface area (TPSA) is 53.8 Å². The van der Waals surface area contributed by atoms with Crippen LogP contribution in [0.4, 0.5) is 0 Å². The van der Waals surface area contributed by atoms with Gasteiger partial charge in [-0.2, -0.15) is 0 Å². The van der Waals surface area contributed by atoms with Crippen molar-refractivity contribution in [1.29, 1.82) is 0 Å². The molecule has 1 aliphatic heterocycles. The monoisotopic (exact) mass is 313 g/mol. The van der Waals surface area contributed by atoms with E-state index in [9.17, 15) is 10.0 Å². The van der Waals surface area contributed by atoms with Crippen LogP contribution in [-0.4, -0.2) is 24.0 Å². The van der Waals surface area contributed by atoms with Gasteiger partial charge in [0.1, 0.15) is 11.5 Å². The van der Waals surface area contributed by atoms with Gasteiger partial charge in [0, 0.05) is 6.08 Å². The van der Waals surface area contributed by atoms with Gasteiger partial charge in [0.25, 0.3) is 0 Å². The molecule has 0 radical (unpaired) electrons. The number of hydroxylamine groups is 2. The first-order valence-corrected chi connectivity index (χ1v) is 8.90. The summed E-state index contributed by atoms with van der Waals surface area (Å²) in [7, 11) is 0. The number of quaternary nitrogens is 1. The largest absolute Gasteiger partial charge is 0.633 e. The van der Waals surface area contributed by atoms with Crippen molar-refractivity contribution in [2.24, 2.45) is 11.3 Å². The summed E-state index contributed by atoms with van der Waals surface area (Å²) in [4.78, 5) is 11.9. The molecule has 5 heteroatoms. The minimum Gasteiger partial charge on any atom is -0.633 e. The molecule has 2 rings (SSSR count). The van der Waals surface area contributed by atoms with Crippen molar-refractivity contribution in [3.63, 3.8) is 0 Å². The maximum Gasteiger partial charge on any atom is 0.331 e. The highest BCUT2D eigenvalue weighted by Crippen LogP contribution is 2.42. The average molecular weight is 313 g/mol. The molecule has 0 bridgehead atoms. The molecule has 1 heterocycles. The predicted octanol–water partition coefficient (Wildman–Crippen LogP) is 2.49. The number of rotatable bonds is 5. The number of hydrogen-bond donors (Lipinski definition) is 1. The van der Waals surface area contributed by atoms with Crippen LogP contribution >= 0.6 is 11.8 Å². The Labute approximate surface area is 131 Å². The molecule has 1 aliphatic carbocycles. The van der Waals surface area contributed by atoms with Crippen LogP contribution in [0.3, 0.4) is 0 Å². The highest BCUT2D eigenvalue weighted by Gasteiger charge is 2.36. The second-order valence-electron chi connectivity index (χ2n) is 6.90. The van der Waals surface area contributed by atoms with Crippen LogP contribution in [0.15, 0.2) is 11.5 Å². The molecule has 0 spiro atoms. The normalized spacial score (nSPS) is 36.7. The molecule has 2 fully saturated rings. The van der Waals surface area contributed by atoms with Gasteiger partial charge in [-0.25, -0.2) is 4.79 Å². The molecule has 1 saturated carbocycles. The van der Waals surface area contributed by atoms with Crippen molar-refractivity contribution in [2.45, 2.75) is 64.4 Å². The SMILES string of the molecule is CC(C)C1(C)CCCC(OC(=O)C=CS[C@@H]2CC[NH+]2[O-])C1. The third-order valence-electron chi connectivity index (χ3n) is 5.10. The summed E-state index contributed by atoms with van der Waals surface area (Å²) in [5.41, 5.74) is 0.278. The van der Waals surface area contributed by atoms with Gasteiger partial charge >= 0.3 is 5.97 Å². The molecule has 1 saturated heterocycles. The first-order valence-electron chi connectivity index (χ1n) is 7.96. The summed E-state index contributed by atoms with van der Waals surface area (Å²) in [5.74, 6) is 0.335. The third kappa shape index (κ3) is 4.47. The van der Waals surface area contributed by atoms with Gasteiger partial charge in [0.15, 0.2) is 0 Å². The minimum atomic E-state index is -0.271. The van der Waals surface area contributed by atoms with Gasteiger partial charge in [-0.05, 0) is 42.4 Å². The fourth-order valence-corrected chi connectivity index (χ4v) is 3.90. The third-order valence-corrected chi connectivity index (χ3v) is 6.22. The van der Waals surface area contributed by atoms with Gasteiger partial charge in [-0.15, -0.1) is 0 Å². The van der Waals surface area contributed by atoms with Gasteiger partial charge in [-0.3, -0.25) is 0 Å². The van der Waals surface area contributed by atoms with Crippen molar-refractivity contribution in [3.05, 3.63) is 16.7 Å². The van der Waals surface area contributed by atoms with Crippen LogP contribution in [0.25, 0.3) is 0 Å². The molecular weight excluding hydrogens is 286 g/mol. The quantitative estimate of drug-likeness (QED) is 0.481. The highest BCUT2D eigenvalue weighted by atomic mass is 32.2. The summed E-state index contributed by atoms with van der Waals surface area (Å²) >= 11 is 1.44.